The number of anilines is 1. The summed E-state index contributed by atoms with van der Waals surface area (Å²) in [4.78, 5) is 28.5. The zero-order chi connectivity index (χ0) is 18.5. The molecule has 0 aliphatic carbocycles. The minimum atomic E-state index is -0.135. The Labute approximate surface area is 153 Å². The topological polar surface area (TPSA) is 61.9 Å². The van der Waals surface area contributed by atoms with Crippen LogP contribution in [0, 0.1) is 6.92 Å². The summed E-state index contributed by atoms with van der Waals surface area (Å²) in [6, 6.07) is 14.7. The molecule has 0 unspecified atom stereocenters. The van der Waals surface area contributed by atoms with Gasteiger partial charge < -0.3 is 19.9 Å². The van der Waals surface area contributed by atoms with E-state index < -0.39 is 0 Å². The molecule has 0 aromatic heterocycles. The Bertz CT molecular complexity index is 798. The third-order valence-electron chi connectivity index (χ3n) is 4.44. The Kier molecular flexibility index (Phi) is 5.41. The fraction of sp³-hybridized carbons (Fsp3) is 0.300. The number of methoxy groups -OCH3 is 1. The average molecular weight is 353 g/mol. The average Bonchev–Trinajstić information content (AvgIpc) is 2.67. The van der Waals surface area contributed by atoms with E-state index in [0.717, 1.165) is 11.3 Å². The van der Waals surface area contributed by atoms with Crippen LogP contribution in [-0.4, -0.2) is 55.0 Å². The molecule has 136 valence electrons. The molecule has 1 N–H and O–H groups in total. The van der Waals surface area contributed by atoms with Crippen molar-refractivity contribution in [3.63, 3.8) is 0 Å². The minimum absolute atomic E-state index is 0.0392. The van der Waals surface area contributed by atoms with Gasteiger partial charge in [-0.05, 0) is 42.8 Å². The predicted octanol–water partition coefficient (Wildman–Crippen LogP) is 2.99. The first kappa shape index (κ1) is 17.8. The second kappa shape index (κ2) is 7.91. The van der Waals surface area contributed by atoms with Crippen LogP contribution in [0.4, 0.5) is 10.5 Å². The molecule has 0 bridgehead atoms. The highest BCUT2D eigenvalue weighted by molar-refractivity contribution is 5.95. The van der Waals surface area contributed by atoms with Gasteiger partial charge in [-0.25, -0.2) is 4.79 Å². The number of hydrogen-bond acceptors (Lipinski definition) is 3. The van der Waals surface area contributed by atoms with Crippen molar-refractivity contribution in [1.82, 2.24) is 9.80 Å². The number of benzene rings is 2. The van der Waals surface area contributed by atoms with Gasteiger partial charge in [0.2, 0.25) is 0 Å². The van der Waals surface area contributed by atoms with Crippen LogP contribution in [0.3, 0.4) is 0 Å². The van der Waals surface area contributed by atoms with Crippen molar-refractivity contribution >= 4 is 17.6 Å². The summed E-state index contributed by atoms with van der Waals surface area (Å²) >= 11 is 0. The molecule has 0 radical (unpaired) electrons. The predicted molar refractivity (Wildman–Crippen MR) is 101 cm³/mol. The van der Waals surface area contributed by atoms with Crippen molar-refractivity contribution in [2.45, 2.75) is 6.92 Å². The van der Waals surface area contributed by atoms with Crippen molar-refractivity contribution in [1.29, 1.82) is 0 Å². The maximum atomic E-state index is 12.6. The van der Waals surface area contributed by atoms with E-state index >= 15 is 0 Å². The van der Waals surface area contributed by atoms with E-state index in [4.69, 9.17) is 4.74 Å². The highest BCUT2D eigenvalue weighted by Crippen LogP contribution is 2.16. The number of amides is 3. The van der Waals surface area contributed by atoms with Gasteiger partial charge in [-0.2, -0.15) is 0 Å². The van der Waals surface area contributed by atoms with Crippen molar-refractivity contribution in [2.75, 3.05) is 38.6 Å². The molecule has 2 aromatic rings. The van der Waals surface area contributed by atoms with E-state index in [1.165, 1.54) is 0 Å². The maximum absolute atomic E-state index is 12.6. The van der Waals surface area contributed by atoms with Gasteiger partial charge in [0.25, 0.3) is 5.91 Å². The summed E-state index contributed by atoms with van der Waals surface area (Å²) in [5.74, 6) is 0.620. The number of aryl methyl sites for hydroxylation is 1. The third-order valence-corrected chi connectivity index (χ3v) is 4.44. The standard InChI is InChI=1S/C20H23N3O3/c1-15-5-3-7-17(13-15)21-20(25)23-11-9-22(10-12-23)19(24)16-6-4-8-18(14-16)26-2/h3-8,13-14H,9-12H2,1-2H3,(H,21,25). The van der Waals surface area contributed by atoms with Gasteiger partial charge >= 0.3 is 6.03 Å². The number of urea groups is 1. The fourth-order valence-corrected chi connectivity index (χ4v) is 2.98. The Balaban J connectivity index is 1.56. The maximum Gasteiger partial charge on any atom is 0.321 e. The van der Waals surface area contributed by atoms with Crippen LogP contribution in [-0.2, 0) is 0 Å². The number of carbonyl (C=O) groups is 2. The number of carbonyl (C=O) groups excluding carboxylic acids is 2. The summed E-state index contributed by atoms with van der Waals surface area (Å²) in [5.41, 5.74) is 2.48. The molecule has 1 fully saturated rings. The lowest BCUT2D eigenvalue weighted by Crippen LogP contribution is -2.51. The largest absolute Gasteiger partial charge is 0.497 e. The Morgan fingerprint density at radius 1 is 0.962 bits per heavy atom. The quantitative estimate of drug-likeness (QED) is 0.923. The molecule has 1 aliphatic rings. The lowest BCUT2D eigenvalue weighted by Gasteiger charge is -2.34. The van der Waals surface area contributed by atoms with Crippen LogP contribution in [0.25, 0.3) is 0 Å². The van der Waals surface area contributed by atoms with Gasteiger partial charge in [-0.15, -0.1) is 0 Å². The van der Waals surface area contributed by atoms with Crippen LogP contribution < -0.4 is 10.1 Å². The number of nitrogens with one attached hydrogen (secondary N) is 1. The van der Waals surface area contributed by atoms with E-state index in [9.17, 15) is 9.59 Å². The molecule has 6 heteroatoms. The number of ether oxygens (including phenoxy) is 1. The molecule has 1 aliphatic heterocycles. The zero-order valence-electron chi connectivity index (χ0n) is 15.1. The fourth-order valence-electron chi connectivity index (χ4n) is 2.98. The summed E-state index contributed by atoms with van der Waals surface area (Å²) < 4.78 is 5.17. The van der Waals surface area contributed by atoms with Crippen LogP contribution in [0.2, 0.25) is 0 Å². The Hall–Kier alpha value is -3.02. The monoisotopic (exact) mass is 353 g/mol. The van der Waals surface area contributed by atoms with E-state index in [0.29, 0.717) is 37.5 Å². The first-order valence-corrected chi connectivity index (χ1v) is 8.63. The smallest absolute Gasteiger partial charge is 0.321 e. The first-order valence-electron chi connectivity index (χ1n) is 8.63. The van der Waals surface area contributed by atoms with E-state index in [-0.39, 0.29) is 11.9 Å². The first-order chi connectivity index (χ1) is 12.6. The molecule has 6 nitrogen and oxygen atoms in total. The molecule has 26 heavy (non-hydrogen) atoms. The summed E-state index contributed by atoms with van der Waals surface area (Å²) in [5, 5.41) is 2.91. The van der Waals surface area contributed by atoms with Gasteiger partial charge in [-0.3, -0.25) is 4.79 Å². The molecular weight excluding hydrogens is 330 g/mol. The number of piperazine rings is 1. The molecule has 0 atom stereocenters. The highest BCUT2D eigenvalue weighted by atomic mass is 16.5. The summed E-state index contributed by atoms with van der Waals surface area (Å²) in [6.07, 6.45) is 0. The van der Waals surface area contributed by atoms with Crippen molar-refractivity contribution in [2.24, 2.45) is 0 Å². The van der Waals surface area contributed by atoms with E-state index in [1.807, 2.05) is 37.3 Å². The number of rotatable bonds is 3. The zero-order valence-corrected chi connectivity index (χ0v) is 15.1. The van der Waals surface area contributed by atoms with Crippen LogP contribution in [0.15, 0.2) is 48.5 Å². The van der Waals surface area contributed by atoms with Crippen molar-refractivity contribution < 1.29 is 14.3 Å². The molecule has 1 heterocycles. The van der Waals surface area contributed by atoms with Gasteiger partial charge in [0.15, 0.2) is 0 Å². The van der Waals surface area contributed by atoms with Crippen LogP contribution >= 0.6 is 0 Å². The van der Waals surface area contributed by atoms with Gasteiger partial charge in [0, 0.05) is 37.4 Å². The molecule has 2 aromatic carbocycles. The van der Waals surface area contributed by atoms with Crippen molar-refractivity contribution in [3.05, 3.63) is 59.7 Å². The Morgan fingerprint density at radius 2 is 1.65 bits per heavy atom. The SMILES string of the molecule is COc1cccc(C(=O)N2CCN(C(=O)Nc3cccc(C)c3)CC2)c1. The van der Waals surface area contributed by atoms with Gasteiger partial charge in [-0.1, -0.05) is 18.2 Å². The third kappa shape index (κ3) is 4.14. The molecule has 0 saturated carbocycles. The van der Waals surface area contributed by atoms with Crippen LogP contribution in [0.1, 0.15) is 15.9 Å². The number of nitrogens with zero attached hydrogens (tertiary/aromatic N) is 2. The summed E-state index contributed by atoms with van der Waals surface area (Å²) in [6.45, 7) is 4.02. The van der Waals surface area contributed by atoms with Crippen molar-refractivity contribution in [3.8, 4) is 5.75 Å². The Morgan fingerprint density at radius 3 is 2.35 bits per heavy atom. The second-order valence-corrected chi connectivity index (χ2v) is 6.31. The van der Waals surface area contributed by atoms with E-state index in [1.54, 1.807) is 35.1 Å². The summed E-state index contributed by atoms with van der Waals surface area (Å²) in [7, 11) is 1.58. The molecule has 3 rings (SSSR count). The molecular formula is C20H23N3O3. The molecule has 0 spiro atoms. The minimum Gasteiger partial charge on any atom is -0.497 e. The van der Waals surface area contributed by atoms with E-state index in [2.05, 4.69) is 5.32 Å². The van der Waals surface area contributed by atoms with Crippen LogP contribution in [0.5, 0.6) is 5.75 Å². The lowest BCUT2D eigenvalue weighted by atomic mass is 10.1. The van der Waals surface area contributed by atoms with Gasteiger partial charge in [0.1, 0.15) is 5.75 Å². The molecule has 3 amide bonds. The molecule has 1 saturated heterocycles. The van der Waals surface area contributed by atoms with Gasteiger partial charge in [0.05, 0.1) is 7.11 Å². The number of hydrogen-bond donors (Lipinski definition) is 1. The second-order valence-electron chi connectivity index (χ2n) is 6.31. The lowest BCUT2D eigenvalue weighted by molar-refractivity contribution is 0.0671. The normalized spacial score (nSPS) is 14.1. The highest BCUT2D eigenvalue weighted by Gasteiger charge is 2.25.